The fourth-order valence-electron chi connectivity index (χ4n) is 7.23. The average Bonchev–Trinajstić information content (AvgIpc) is 3.10. The number of nitrogens with two attached hydrogens (primary N) is 2. The average molecular weight is 631 g/mol. The Morgan fingerprint density at radius 2 is 0.745 bits per heavy atom. The summed E-state index contributed by atoms with van der Waals surface area (Å²) in [4.78, 5) is 0. The molecule has 4 rings (SSSR count). The van der Waals surface area contributed by atoms with Crippen molar-refractivity contribution >= 4 is 11.4 Å². The van der Waals surface area contributed by atoms with Gasteiger partial charge >= 0.3 is 0 Å². The van der Waals surface area contributed by atoms with Crippen molar-refractivity contribution in [3.63, 3.8) is 0 Å². The summed E-state index contributed by atoms with van der Waals surface area (Å²) >= 11 is 0. The molecule has 2 heteroatoms. The highest BCUT2D eigenvalue weighted by Gasteiger charge is 2.18. The predicted molar refractivity (Wildman–Crippen MR) is 206 cm³/mol. The van der Waals surface area contributed by atoms with E-state index in [-0.39, 0.29) is 0 Å². The molecule has 3 atom stereocenters. The maximum absolute atomic E-state index is 6.03. The summed E-state index contributed by atoms with van der Waals surface area (Å²) in [6.45, 7) is 6.87. The zero-order valence-electron chi connectivity index (χ0n) is 29.7. The minimum atomic E-state index is 0.417. The van der Waals surface area contributed by atoms with Gasteiger partial charge in [-0.1, -0.05) is 164 Å². The van der Waals surface area contributed by atoms with Crippen molar-refractivity contribution < 1.29 is 0 Å². The second-order valence-electron chi connectivity index (χ2n) is 13.9. The molecule has 0 fully saturated rings. The first kappa shape index (κ1) is 36.3. The minimum absolute atomic E-state index is 0.417. The van der Waals surface area contributed by atoms with Gasteiger partial charge in [0.1, 0.15) is 0 Å². The molecule has 4 N–H and O–H groups in total. The summed E-state index contributed by atoms with van der Waals surface area (Å²) in [5.74, 6) is 1.37. The molecule has 252 valence electrons. The first-order valence-electron chi connectivity index (χ1n) is 18.9. The van der Waals surface area contributed by atoms with Gasteiger partial charge in [0.05, 0.1) is 0 Å². The number of nitrogen functional groups attached to an aromatic ring is 2. The van der Waals surface area contributed by atoms with Crippen LogP contribution in [0.25, 0.3) is 0 Å². The summed E-state index contributed by atoms with van der Waals surface area (Å²) in [5.41, 5.74) is 22.2. The zero-order valence-corrected chi connectivity index (χ0v) is 29.7. The molecule has 0 aromatic heterocycles. The van der Waals surface area contributed by atoms with Crippen LogP contribution in [0.2, 0.25) is 0 Å². The monoisotopic (exact) mass is 630 g/mol. The number of benzene rings is 4. The van der Waals surface area contributed by atoms with Gasteiger partial charge in [-0.3, -0.25) is 0 Å². The van der Waals surface area contributed by atoms with Crippen molar-refractivity contribution in [3.8, 4) is 0 Å². The van der Waals surface area contributed by atoms with E-state index >= 15 is 0 Å². The van der Waals surface area contributed by atoms with Crippen LogP contribution < -0.4 is 11.5 Å². The third kappa shape index (κ3) is 11.6. The van der Waals surface area contributed by atoms with Crippen LogP contribution in [0.5, 0.6) is 0 Å². The second-order valence-corrected chi connectivity index (χ2v) is 13.9. The molecule has 3 unspecified atom stereocenters. The van der Waals surface area contributed by atoms with Gasteiger partial charge in [-0.25, -0.2) is 0 Å². The van der Waals surface area contributed by atoms with E-state index in [2.05, 4.69) is 93.6 Å². The van der Waals surface area contributed by atoms with E-state index in [1.54, 1.807) is 0 Å². The predicted octanol–water partition coefficient (Wildman–Crippen LogP) is 13.0. The molecule has 0 aliphatic carbocycles. The highest BCUT2D eigenvalue weighted by Crippen LogP contribution is 2.35. The van der Waals surface area contributed by atoms with Crippen LogP contribution in [0.1, 0.15) is 162 Å². The first-order valence-corrected chi connectivity index (χ1v) is 18.9. The normalized spacial score (nSPS) is 13.3. The number of unbranched alkanes of at least 4 members (excludes halogenated alkanes) is 8. The lowest BCUT2D eigenvalue weighted by Crippen LogP contribution is -2.06. The van der Waals surface area contributed by atoms with Crippen molar-refractivity contribution in [1.82, 2.24) is 0 Å². The quantitative estimate of drug-likeness (QED) is 0.0711. The SMILES string of the molecule is CCCCCCCCCC(Cc1ccc(C(CCCC)c2ccc(N)cc2)cc1)c1ccc(C(CCCC)c2ccc(N)cc2)cc1. The fourth-order valence-corrected chi connectivity index (χ4v) is 7.23. The van der Waals surface area contributed by atoms with Crippen LogP contribution in [-0.4, -0.2) is 0 Å². The van der Waals surface area contributed by atoms with E-state index in [9.17, 15) is 0 Å². The Kier molecular flexibility index (Phi) is 15.4. The number of rotatable bonds is 21. The zero-order chi connectivity index (χ0) is 33.3. The van der Waals surface area contributed by atoms with Gasteiger partial charge in [-0.15, -0.1) is 0 Å². The van der Waals surface area contributed by atoms with Crippen LogP contribution in [0.3, 0.4) is 0 Å². The molecule has 0 aliphatic heterocycles. The molecule has 0 aliphatic rings. The third-order valence-corrected chi connectivity index (χ3v) is 10.2. The van der Waals surface area contributed by atoms with Crippen molar-refractivity contribution in [1.29, 1.82) is 0 Å². The van der Waals surface area contributed by atoms with E-state index in [0.717, 1.165) is 17.8 Å². The molecule has 4 aromatic carbocycles. The van der Waals surface area contributed by atoms with Gasteiger partial charge in [0.2, 0.25) is 0 Å². The van der Waals surface area contributed by atoms with Crippen molar-refractivity contribution in [2.24, 2.45) is 0 Å². The van der Waals surface area contributed by atoms with Crippen LogP contribution in [0.4, 0.5) is 11.4 Å². The lowest BCUT2D eigenvalue weighted by Gasteiger charge is -2.22. The molecule has 0 spiro atoms. The van der Waals surface area contributed by atoms with E-state index in [4.69, 9.17) is 11.5 Å². The molecule has 0 heterocycles. The topological polar surface area (TPSA) is 52.0 Å². The Morgan fingerprint density at radius 1 is 0.383 bits per heavy atom. The maximum Gasteiger partial charge on any atom is 0.0314 e. The van der Waals surface area contributed by atoms with Crippen LogP contribution in [0.15, 0.2) is 97.1 Å². The minimum Gasteiger partial charge on any atom is -0.399 e. The lowest BCUT2D eigenvalue weighted by atomic mass is 9.83. The molecular formula is C45H62N2. The van der Waals surface area contributed by atoms with Gasteiger partial charge in [-0.05, 0) is 89.2 Å². The number of hydrogen-bond donors (Lipinski definition) is 2. The number of hydrogen-bond acceptors (Lipinski definition) is 2. The maximum atomic E-state index is 6.03. The Bertz CT molecular complexity index is 1390. The highest BCUT2D eigenvalue weighted by molar-refractivity contribution is 5.44. The Labute approximate surface area is 287 Å². The van der Waals surface area contributed by atoms with Crippen molar-refractivity contribution in [2.45, 2.75) is 135 Å². The molecule has 0 saturated heterocycles. The van der Waals surface area contributed by atoms with E-state index < -0.39 is 0 Å². The molecule has 47 heavy (non-hydrogen) atoms. The molecule has 0 amide bonds. The van der Waals surface area contributed by atoms with Crippen LogP contribution >= 0.6 is 0 Å². The molecule has 0 saturated carbocycles. The second kappa shape index (κ2) is 20.0. The van der Waals surface area contributed by atoms with Gasteiger partial charge in [0, 0.05) is 23.2 Å². The van der Waals surface area contributed by atoms with Gasteiger partial charge in [-0.2, -0.15) is 0 Å². The standard InChI is InChI=1S/C45H62N2/c1-4-7-10-11-12-13-14-15-41(36-22-24-38(25-23-36)45(17-9-6-3)40-28-32-43(47)33-29-40)34-35-18-20-37(21-19-35)44(16-8-5-2)39-26-30-42(46)31-27-39/h18-33,41,44-45H,4-17,34,46-47H2,1-3H3. The summed E-state index contributed by atoms with van der Waals surface area (Å²) in [7, 11) is 0. The molecule has 0 radical (unpaired) electrons. The van der Waals surface area contributed by atoms with E-state index in [0.29, 0.717) is 17.8 Å². The van der Waals surface area contributed by atoms with E-state index in [1.807, 2.05) is 24.3 Å². The summed E-state index contributed by atoms with van der Waals surface area (Å²) in [6, 6.07) is 36.4. The Balaban J connectivity index is 1.52. The van der Waals surface area contributed by atoms with Gasteiger partial charge in [0.25, 0.3) is 0 Å². The van der Waals surface area contributed by atoms with Gasteiger partial charge in [0.15, 0.2) is 0 Å². The molecule has 2 nitrogen and oxygen atoms in total. The van der Waals surface area contributed by atoms with Crippen molar-refractivity contribution in [3.05, 3.63) is 130 Å². The van der Waals surface area contributed by atoms with Crippen molar-refractivity contribution in [2.75, 3.05) is 11.5 Å². The Morgan fingerprint density at radius 3 is 1.19 bits per heavy atom. The summed E-state index contributed by atoms with van der Waals surface area (Å²) in [6.07, 6.45) is 19.0. The highest BCUT2D eigenvalue weighted by atomic mass is 14.5. The molecular weight excluding hydrogens is 569 g/mol. The van der Waals surface area contributed by atoms with E-state index in [1.165, 1.54) is 123 Å². The smallest absolute Gasteiger partial charge is 0.0314 e. The lowest BCUT2D eigenvalue weighted by molar-refractivity contribution is 0.531. The summed E-state index contributed by atoms with van der Waals surface area (Å²) in [5, 5.41) is 0. The first-order chi connectivity index (χ1) is 23.0. The van der Waals surface area contributed by atoms with Crippen LogP contribution in [-0.2, 0) is 6.42 Å². The number of anilines is 2. The summed E-state index contributed by atoms with van der Waals surface area (Å²) < 4.78 is 0. The fraction of sp³-hybridized carbons (Fsp3) is 0.467. The largest absolute Gasteiger partial charge is 0.399 e. The third-order valence-electron chi connectivity index (χ3n) is 10.2. The molecule has 0 bridgehead atoms. The van der Waals surface area contributed by atoms with Crippen LogP contribution in [0, 0.1) is 0 Å². The van der Waals surface area contributed by atoms with Gasteiger partial charge < -0.3 is 11.5 Å². The Hall–Kier alpha value is -3.52. The molecule has 4 aromatic rings.